The Balaban J connectivity index is 2.93. The van der Waals surface area contributed by atoms with Crippen molar-refractivity contribution in [3.8, 4) is 0 Å². The number of hydrogen-bond donors (Lipinski definition) is 1. The second-order valence-electron chi connectivity index (χ2n) is 2.16. The summed E-state index contributed by atoms with van der Waals surface area (Å²) in [5, 5.41) is 0.950. The standard InChI is InChI=1S/C7H5BrN2O/c8-5-6-4(1-2-11-6)3-10-7(5)9/h1-3H,(H2,9,10). The summed E-state index contributed by atoms with van der Waals surface area (Å²) < 4.78 is 5.88. The summed E-state index contributed by atoms with van der Waals surface area (Å²) in [5.41, 5.74) is 6.27. The molecular formula is C7H5BrN2O. The van der Waals surface area contributed by atoms with Crippen molar-refractivity contribution in [2.45, 2.75) is 0 Å². The Morgan fingerprint density at radius 3 is 3.18 bits per heavy atom. The number of fused-ring (bicyclic) bond motifs is 1. The fourth-order valence-electron chi connectivity index (χ4n) is 0.911. The summed E-state index contributed by atoms with van der Waals surface area (Å²) in [7, 11) is 0. The number of nitrogens with zero attached hydrogens (tertiary/aromatic N) is 1. The van der Waals surface area contributed by atoms with Crippen LogP contribution in [-0.2, 0) is 0 Å². The molecule has 0 saturated carbocycles. The number of aromatic nitrogens is 1. The number of nitrogens with two attached hydrogens (primary N) is 1. The highest BCUT2D eigenvalue weighted by Crippen LogP contribution is 2.27. The molecule has 0 unspecified atom stereocenters. The number of nitrogen functional groups attached to an aromatic ring is 1. The summed E-state index contributed by atoms with van der Waals surface area (Å²) in [5.74, 6) is 0.451. The van der Waals surface area contributed by atoms with Crippen LogP contribution in [0.5, 0.6) is 0 Å². The van der Waals surface area contributed by atoms with Crippen molar-refractivity contribution >= 4 is 32.7 Å². The third-order valence-corrected chi connectivity index (χ3v) is 2.23. The van der Waals surface area contributed by atoms with Gasteiger partial charge in [0.2, 0.25) is 0 Å². The van der Waals surface area contributed by atoms with Gasteiger partial charge in [-0.25, -0.2) is 4.98 Å². The van der Waals surface area contributed by atoms with Crippen LogP contribution in [0.1, 0.15) is 0 Å². The lowest BCUT2D eigenvalue weighted by Gasteiger charge is -1.95. The lowest BCUT2D eigenvalue weighted by Crippen LogP contribution is -1.89. The molecule has 11 heavy (non-hydrogen) atoms. The predicted molar refractivity (Wildman–Crippen MR) is 46.1 cm³/mol. The van der Waals surface area contributed by atoms with E-state index in [1.165, 1.54) is 0 Å². The van der Waals surface area contributed by atoms with Crippen LogP contribution >= 0.6 is 15.9 Å². The molecule has 0 saturated heterocycles. The zero-order valence-corrected chi connectivity index (χ0v) is 7.13. The van der Waals surface area contributed by atoms with Crippen LogP contribution < -0.4 is 5.73 Å². The van der Waals surface area contributed by atoms with Crippen molar-refractivity contribution in [2.75, 3.05) is 5.73 Å². The van der Waals surface area contributed by atoms with Gasteiger partial charge in [-0.1, -0.05) is 0 Å². The van der Waals surface area contributed by atoms with E-state index in [9.17, 15) is 0 Å². The number of furan rings is 1. The van der Waals surface area contributed by atoms with E-state index in [1.807, 2.05) is 6.07 Å². The zero-order valence-electron chi connectivity index (χ0n) is 5.54. The van der Waals surface area contributed by atoms with E-state index >= 15 is 0 Å². The van der Waals surface area contributed by atoms with E-state index in [4.69, 9.17) is 10.2 Å². The summed E-state index contributed by atoms with van der Waals surface area (Å²) in [6, 6.07) is 1.84. The smallest absolute Gasteiger partial charge is 0.153 e. The van der Waals surface area contributed by atoms with E-state index in [1.54, 1.807) is 12.5 Å². The molecule has 0 radical (unpaired) electrons. The van der Waals surface area contributed by atoms with Gasteiger partial charge in [0.05, 0.1) is 6.26 Å². The van der Waals surface area contributed by atoms with E-state index in [2.05, 4.69) is 20.9 Å². The molecule has 0 aliphatic carbocycles. The Kier molecular flexibility index (Phi) is 1.35. The summed E-state index contributed by atoms with van der Waals surface area (Å²) >= 11 is 3.28. The second kappa shape index (κ2) is 2.23. The first-order valence-corrected chi connectivity index (χ1v) is 3.85. The van der Waals surface area contributed by atoms with E-state index in [-0.39, 0.29) is 0 Å². The topological polar surface area (TPSA) is 52.0 Å². The van der Waals surface area contributed by atoms with Crippen molar-refractivity contribution in [1.29, 1.82) is 0 Å². The summed E-state index contributed by atoms with van der Waals surface area (Å²) in [6.07, 6.45) is 3.29. The number of halogens is 1. The number of rotatable bonds is 0. The molecule has 2 aromatic rings. The van der Waals surface area contributed by atoms with Crippen LogP contribution in [0, 0.1) is 0 Å². The van der Waals surface area contributed by atoms with E-state index < -0.39 is 0 Å². The molecule has 2 heterocycles. The highest BCUT2D eigenvalue weighted by molar-refractivity contribution is 9.10. The molecule has 0 amide bonds. The number of pyridine rings is 1. The lowest BCUT2D eigenvalue weighted by atomic mass is 10.3. The van der Waals surface area contributed by atoms with Gasteiger partial charge in [-0.15, -0.1) is 0 Å². The maximum atomic E-state index is 5.53. The van der Waals surface area contributed by atoms with E-state index in [0.717, 1.165) is 15.4 Å². The zero-order chi connectivity index (χ0) is 7.84. The molecule has 0 atom stereocenters. The van der Waals surface area contributed by atoms with Gasteiger partial charge < -0.3 is 10.2 Å². The monoisotopic (exact) mass is 212 g/mol. The van der Waals surface area contributed by atoms with Gasteiger partial charge in [0, 0.05) is 11.6 Å². The Hall–Kier alpha value is -1.03. The Morgan fingerprint density at radius 2 is 2.36 bits per heavy atom. The quantitative estimate of drug-likeness (QED) is 0.729. The SMILES string of the molecule is Nc1ncc2ccoc2c1Br. The molecule has 4 heteroatoms. The van der Waals surface area contributed by atoms with Crippen LogP contribution in [0.25, 0.3) is 11.0 Å². The molecular weight excluding hydrogens is 208 g/mol. The predicted octanol–water partition coefficient (Wildman–Crippen LogP) is 2.17. The first kappa shape index (κ1) is 6.67. The van der Waals surface area contributed by atoms with Crippen molar-refractivity contribution in [3.63, 3.8) is 0 Å². The Labute approximate surface area is 71.3 Å². The van der Waals surface area contributed by atoms with E-state index in [0.29, 0.717) is 5.82 Å². The van der Waals surface area contributed by atoms with Crippen LogP contribution in [0.15, 0.2) is 27.4 Å². The third-order valence-electron chi connectivity index (χ3n) is 1.46. The molecule has 2 rings (SSSR count). The third kappa shape index (κ3) is 0.903. The molecule has 0 aliphatic heterocycles. The highest BCUT2D eigenvalue weighted by atomic mass is 79.9. The average Bonchev–Trinajstić information content (AvgIpc) is 2.45. The normalized spacial score (nSPS) is 10.6. The first-order chi connectivity index (χ1) is 5.29. The molecule has 0 bridgehead atoms. The van der Waals surface area contributed by atoms with Gasteiger partial charge in [-0.3, -0.25) is 0 Å². The molecule has 0 fully saturated rings. The maximum Gasteiger partial charge on any atom is 0.153 e. The van der Waals surface area contributed by atoms with Crippen LogP contribution in [-0.4, -0.2) is 4.98 Å². The largest absolute Gasteiger partial charge is 0.463 e. The molecule has 2 aromatic heterocycles. The Bertz CT molecular complexity index is 396. The maximum absolute atomic E-state index is 5.53. The lowest BCUT2D eigenvalue weighted by molar-refractivity contribution is 0.614. The van der Waals surface area contributed by atoms with Crippen molar-refractivity contribution in [2.24, 2.45) is 0 Å². The Morgan fingerprint density at radius 1 is 1.55 bits per heavy atom. The number of anilines is 1. The number of hydrogen-bond acceptors (Lipinski definition) is 3. The van der Waals surface area contributed by atoms with Gasteiger partial charge in [-0.05, 0) is 22.0 Å². The minimum Gasteiger partial charge on any atom is -0.463 e. The van der Waals surface area contributed by atoms with Crippen molar-refractivity contribution < 1.29 is 4.42 Å². The van der Waals surface area contributed by atoms with Gasteiger partial charge in [0.1, 0.15) is 10.3 Å². The first-order valence-electron chi connectivity index (χ1n) is 3.06. The molecule has 56 valence electrons. The van der Waals surface area contributed by atoms with Gasteiger partial charge in [-0.2, -0.15) is 0 Å². The van der Waals surface area contributed by atoms with Gasteiger partial charge >= 0.3 is 0 Å². The van der Waals surface area contributed by atoms with Crippen molar-refractivity contribution in [1.82, 2.24) is 4.98 Å². The average molecular weight is 213 g/mol. The fraction of sp³-hybridized carbons (Fsp3) is 0. The molecule has 0 spiro atoms. The fourth-order valence-corrected chi connectivity index (χ4v) is 1.34. The molecule has 0 aliphatic rings. The summed E-state index contributed by atoms with van der Waals surface area (Å²) in [6.45, 7) is 0. The molecule has 0 aromatic carbocycles. The van der Waals surface area contributed by atoms with Crippen LogP contribution in [0.2, 0.25) is 0 Å². The molecule has 3 nitrogen and oxygen atoms in total. The van der Waals surface area contributed by atoms with Crippen LogP contribution in [0.3, 0.4) is 0 Å². The van der Waals surface area contributed by atoms with Crippen molar-refractivity contribution in [3.05, 3.63) is 23.0 Å². The molecule has 2 N–H and O–H groups in total. The van der Waals surface area contributed by atoms with Gasteiger partial charge in [0.25, 0.3) is 0 Å². The minimum atomic E-state index is 0.451. The summed E-state index contributed by atoms with van der Waals surface area (Å²) in [4.78, 5) is 3.95. The highest BCUT2D eigenvalue weighted by Gasteiger charge is 2.05. The minimum absolute atomic E-state index is 0.451. The van der Waals surface area contributed by atoms with Gasteiger partial charge in [0.15, 0.2) is 5.58 Å². The second-order valence-corrected chi connectivity index (χ2v) is 2.96. The van der Waals surface area contributed by atoms with Crippen LogP contribution in [0.4, 0.5) is 5.82 Å².